The van der Waals surface area contributed by atoms with Crippen LogP contribution >= 0.6 is 0 Å². The van der Waals surface area contributed by atoms with E-state index < -0.39 is 0 Å². The molecule has 1 heterocycles. The van der Waals surface area contributed by atoms with E-state index in [1.807, 2.05) is 6.20 Å². The van der Waals surface area contributed by atoms with Crippen LogP contribution in [0.15, 0.2) is 115 Å². The number of fused-ring (bicyclic) bond motifs is 3. The van der Waals surface area contributed by atoms with Gasteiger partial charge in [-0.15, -0.1) is 0 Å². The Kier molecular flexibility index (Phi) is 4.14. The first-order valence-electron chi connectivity index (χ1n) is 10.5. The number of aromatic nitrogens is 1. The van der Waals surface area contributed by atoms with Crippen molar-refractivity contribution in [2.24, 2.45) is 0 Å². The summed E-state index contributed by atoms with van der Waals surface area (Å²) in [5.74, 6) is 0. The molecule has 0 atom stereocenters. The minimum absolute atomic E-state index is 0.998. The SMILES string of the molecule is c1ccc2cc(Nc3ccc4ccccc4c3-c3nccc4ccccc34)ccc2c1. The minimum atomic E-state index is 0.998. The van der Waals surface area contributed by atoms with Gasteiger partial charge >= 0.3 is 0 Å². The van der Waals surface area contributed by atoms with Crippen LogP contribution in [0.4, 0.5) is 11.4 Å². The van der Waals surface area contributed by atoms with E-state index in [0.29, 0.717) is 0 Å². The standard InChI is InChI=1S/C29H20N2/c1-2-10-23-19-24(15-13-20(23)7-1)31-27-16-14-21-8-3-5-11-25(21)28(27)29-26-12-6-4-9-22(26)17-18-30-29/h1-19,31H. The molecule has 1 aromatic heterocycles. The second kappa shape index (κ2) is 7.26. The highest BCUT2D eigenvalue weighted by Gasteiger charge is 2.14. The third-order valence-corrected chi connectivity index (χ3v) is 5.87. The van der Waals surface area contributed by atoms with Crippen molar-refractivity contribution >= 4 is 43.7 Å². The average Bonchev–Trinajstić information content (AvgIpc) is 2.84. The summed E-state index contributed by atoms with van der Waals surface area (Å²) in [6.07, 6.45) is 1.90. The molecule has 0 saturated heterocycles. The van der Waals surface area contributed by atoms with Crippen LogP contribution in [0.5, 0.6) is 0 Å². The molecule has 31 heavy (non-hydrogen) atoms. The number of anilines is 2. The normalized spacial score (nSPS) is 11.2. The molecule has 6 rings (SSSR count). The lowest BCUT2D eigenvalue weighted by molar-refractivity contribution is 1.36. The Labute approximate surface area is 180 Å². The number of pyridine rings is 1. The van der Waals surface area contributed by atoms with Gasteiger partial charge in [-0.25, -0.2) is 0 Å². The molecule has 0 amide bonds. The molecule has 2 nitrogen and oxygen atoms in total. The second-order valence-corrected chi connectivity index (χ2v) is 7.78. The number of rotatable bonds is 3. The van der Waals surface area contributed by atoms with E-state index in [1.165, 1.54) is 26.9 Å². The zero-order valence-corrected chi connectivity index (χ0v) is 16.9. The van der Waals surface area contributed by atoms with Gasteiger partial charge in [-0.3, -0.25) is 4.98 Å². The quantitative estimate of drug-likeness (QED) is 0.328. The maximum atomic E-state index is 4.84. The number of hydrogen-bond acceptors (Lipinski definition) is 2. The van der Waals surface area contributed by atoms with Gasteiger partial charge in [0, 0.05) is 28.5 Å². The molecule has 146 valence electrons. The average molecular weight is 396 g/mol. The van der Waals surface area contributed by atoms with Crippen molar-refractivity contribution in [3.8, 4) is 11.3 Å². The zero-order chi connectivity index (χ0) is 20.6. The maximum absolute atomic E-state index is 4.84. The molecule has 0 aliphatic heterocycles. The molecule has 0 aliphatic carbocycles. The Morgan fingerprint density at radius 3 is 2.00 bits per heavy atom. The number of benzene rings is 5. The van der Waals surface area contributed by atoms with Crippen LogP contribution in [-0.2, 0) is 0 Å². The van der Waals surface area contributed by atoms with Gasteiger partial charge in [-0.2, -0.15) is 0 Å². The molecule has 5 aromatic carbocycles. The Morgan fingerprint density at radius 1 is 0.516 bits per heavy atom. The third kappa shape index (κ3) is 3.10. The van der Waals surface area contributed by atoms with E-state index >= 15 is 0 Å². The molecule has 0 saturated carbocycles. The van der Waals surface area contributed by atoms with Crippen molar-refractivity contribution in [3.05, 3.63) is 115 Å². The maximum Gasteiger partial charge on any atom is 0.0807 e. The van der Waals surface area contributed by atoms with E-state index in [4.69, 9.17) is 4.98 Å². The molecule has 0 radical (unpaired) electrons. The lowest BCUT2D eigenvalue weighted by Gasteiger charge is -2.16. The van der Waals surface area contributed by atoms with E-state index in [9.17, 15) is 0 Å². The van der Waals surface area contributed by atoms with E-state index in [2.05, 4.69) is 115 Å². The fourth-order valence-corrected chi connectivity index (χ4v) is 4.37. The van der Waals surface area contributed by atoms with Crippen molar-refractivity contribution in [2.75, 3.05) is 5.32 Å². The van der Waals surface area contributed by atoms with E-state index in [-0.39, 0.29) is 0 Å². The van der Waals surface area contributed by atoms with Gasteiger partial charge in [0.15, 0.2) is 0 Å². The van der Waals surface area contributed by atoms with Crippen LogP contribution in [0.1, 0.15) is 0 Å². The highest BCUT2D eigenvalue weighted by atomic mass is 14.9. The lowest BCUT2D eigenvalue weighted by Crippen LogP contribution is -1.96. The van der Waals surface area contributed by atoms with Crippen LogP contribution in [0.3, 0.4) is 0 Å². The Hall–Kier alpha value is -4.17. The summed E-state index contributed by atoms with van der Waals surface area (Å²) in [6.45, 7) is 0. The van der Waals surface area contributed by atoms with Crippen LogP contribution in [-0.4, -0.2) is 4.98 Å². The van der Waals surface area contributed by atoms with Gasteiger partial charge in [-0.05, 0) is 51.2 Å². The molecule has 0 fully saturated rings. The largest absolute Gasteiger partial charge is 0.355 e. The highest BCUT2D eigenvalue weighted by molar-refractivity contribution is 6.09. The predicted octanol–water partition coefficient (Wildman–Crippen LogP) is 7.95. The van der Waals surface area contributed by atoms with Crippen LogP contribution in [0, 0.1) is 0 Å². The van der Waals surface area contributed by atoms with Crippen molar-refractivity contribution in [1.82, 2.24) is 4.98 Å². The summed E-state index contributed by atoms with van der Waals surface area (Å²) in [4.78, 5) is 4.84. The van der Waals surface area contributed by atoms with Gasteiger partial charge < -0.3 is 5.32 Å². The smallest absolute Gasteiger partial charge is 0.0807 e. The Balaban J connectivity index is 1.59. The molecule has 2 heteroatoms. The summed E-state index contributed by atoms with van der Waals surface area (Å²) >= 11 is 0. The first kappa shape index (κ1) is 17.7. The van der Waals surface area contributed by atoms with Gasteiger partial charge in [0.25, 0.3) is 0 Å². The Morgan fingerprint density at radius 2 is 1.16 bits per heavy atom. The Bertz CT molecular complexity index is 1560. The lowest BCUT2D eigenvalue weighted by atomic mass is 9.96. The second-order valence-electron chi connectivity index (χ2n) is 7.78. The minimum Gasteiger partial charge on any atom is -0.355 e. The number of nitrogens with one attached hydrogen (secondary N) is 1. The molecular formula is C29H20N2. The number of hydrogen-bond donors (Lipinski definition) is 1. The summed E-state index contributed by atoms with van der Waals surface area (Å²) < 4.78 is 0. The van der Waals surface area contributed by atoms with Gasteiger partial charge in [0.05, 0.1) is 5.69 Å². The first-order chi connectivity index (χ1) is 15.4. The summed E-state index contributed by atoms with van der Waals surface area (Å²) in [5.41, 5.74) is 4.24. The van der Waals surface area contributed by atoms with Gasteiger partial charge in [0.2, 0.25) is 0 Å². The molecule has 0 unspecified atom stereocenters. The summed E-state index contributed by atoms with van der Waals surface area (Å²) in [6, 6.07) is 38.3. The molecule has 0 spiro atoms. The molecule has 0 aliphatic rings. The molecular weight excluding hydrogens is 376 g/mol. The van der Waals surface area contributed by atoms with Crippen molar-refractivity contribution in [3.63, 3.8) is 0 Å². The monoisotopic (exact) mass is 396 g/mol. The summed E-state index contributed by atoms with van der Waals surface area (Å²) in [5, 5.41) is 10.9. The van der Waals surface area contributed by atoms with Crippen molar-refractivity contribution < 1.29 is 0 Å². The third-order valence-electron chi connectivity index (χ3n) is 5.87. The topological polar surface area (TPSA) is 24.9 Å². The molecule has 1 N–H and O–H groups in total. The van der Waals surface area contributed by atoms with Crippen LogP contribution in [0.25, 0.3) is 43.6 Å². The summed E-state index contributed by atoms with van der Waals surface area (Å²) in [7, 11) is 0. The van der Waals surface area contributed by atoms with E-state index in [1.54, 1.807) is 0 Å². The van der Waals surface area contributed by atoms with Crippen LogP contribution in [0.2, 0.25) is 0 Å². The molecule has 0 bridgehead atoms. The van der Waals surface area contributed by atoms with Crippen molar-refractivity contribution in [2.45, 2.75) is 0 Å². The number of nitrogens with zero attached hydrogens (tertiary/aromatic N) is 1. The molecule has 6 aromatic rings. The van der Waals surface area contributed by atoms with Crippen molar-refractivity contribution in [1.29, 1.82) is 0 Å². The van der Waals surface area contributed by atoms with Gasteiger partial charge in [0.1, 0.15) is 0 Å². The zero-order valence-electron chi connectivity index (χ0n) is 16.9. The highest BCUT2D eigenvalue weighted by Crippen LogP contribution is 2.39. The predicted molar refractivity (Wildman–Crippen MR) is 132 cm³/mol. The fourth-order valence-electron chi connectivity index (χ4n) is 4.37. The fraction of sp³-hybridized carbons (Fsp3) is 0. The van der Waals surface area contributed by atoms with Gasteiger partial charge in [-0.1, -0.05) is 84.9 Å². The first-order valence-corrected chi connectivity index (χ1v) is 10.5. The van der Waals surface area contributed by atoms with Crippen LogP contribution < -0.4 is 5.32 Å². The van der Waals surface area contributed by atoms with E-state index in [0.717, 1.165) is 28.0 Å².